The molecule has 1 fully saturated rings. The van der Waals surface area contributed by atoms with E-state index in [4.69, 9.17) is 4.74 Å². The Morgan fingerprint density at radius 1 is 1.40 bits per heavy atom. The second-order valence-electron chi connectivity index (χ2n) is 4.07. The molecule has 1 aliphatic heterocycles. The molecule has 3 nitrogen and oxygen atoms in total. The van der Waals surface area contributed by atoms with Crippen LogP contribution in [0.3, 0.4) is 0 Å². The van der Waals surface area contributed by atoms with Crippen molar-refractivity contribution < 1.29 is 9.84 Å². The lowest BCUT2D eigenvalue weighted by Gasteiger charge is -2.43. The summed E-state index contributed by atoms with van der Waals surface area (Å²) in [5.41, 5.74) is 0.823. The highest BCUT2D eigenvalue weighted by molar-refractivity contribution is 5.22. The van der Waals surface area contributed by atoms with Gasteiger partial charge < -0.3 is 9.84 Å². The lowest BCUT2D eigenvalue weighted by Crippen LogP contribution is -2.55. The van der Waals surface area contributed by atoms with Gasteiger partial charge in [0.2, 0.25) is 5.79 Å². The molecule has 0 aromatic heterocycles. The Hall–Kier alpha value is -0.900. The fourth-order valence-corrected chi connectivity index (χ4v) is 1.96. The molecule has 0 aliphatic carbocycles. The molecular weight excluding hydrogens is 190 g/mol. The van der Waals surface area contributed by atoms with Gasteiger partial charge in [0.25, 0.3) is 0 Å². The topological polar surface area (TPSA) is 32.7 Å². The van der Waals surface area contributed by atoms with E-state index in [1.807, 2.05) is 44.3 Å². The van der Waals surface area contributed by atoms with Crippen molar-refractivity contribution in [3.05, 3.63) is 35.9 Å². The number of ether oxygens (including phenoxy) is 1. The minimum atomic E-state index is -1.17. The minimum absolute atomic E-state index is 0.0337. The third-order valence-corrected chi connectivity index (χ3v) is 3.18. The molecule has 0 saturated carbocycles. The summed E-state index contributed by atoms with van der Waals surface area (Å²) in [4.78, 5) is 2.11. The highest BCUT2D eigenvalue weighted by Gasteiger charge is 2.41. The van der Waals surface area contributed by atoms with Crippen LogP contribution < -0.4 is 0 Å². The molecule has 1 aromatic rings. The molecule has 0 spiro atoms. The molecule has 15 heavy (non-hydrogen) atoms. The molecule has 1 N–H and O–H groups in total. The number of benzene rings is 1. The van der Waals surface area contributed by atoms with Gasteiger partial charge in [0, 0.05) is 12.1 Å². The lowest BCUT2D eigenvalue weighted by molar-refractivity contribution is -0.271. The Balaban J connectivity index is 2.32. The quantitative estimate of drug-likeness (QED) is 0.750. The Morgan fingerprint density at radius 2 is 2.07 bits per heavy atom. The first kappa shape index (κ1) is 10.6. The van der Waals surface area contributed by atoms with E-state index >= 15 is 0 Å². The van der Waals surface area contributed by atoms with E-state index in [-0.39, 0.29) is 6.04 Å². The van der Waals surface area contributed by atoms with Crippen LogP contribution in [0.4, 0.5) is 0 Å². The Morgan fingerprint density at radius 3 is 2.73 bits per heavy atom. The first-order valence-electron chi connectivity index (χ1n) is 5.26. The zero-order valence-corrected chi connectivity index (χ0v) is 9.18. The lowest BCUT2D eigenvalue weighted by atomic mass is 9.97. The van der Waals surface area contributed by atoms with Gasteiger partial charge >= 0.3 is 0 Å². The summed E-state index contributed by atoms with van der Waals surface area (Å²) in [5.74, 6) is -1.17. The smallest absolute Gasteiger partial charge is 0.208 e. The van der Waals surface area contributed by atoms with Crippen LogP contribution in [0.1, 0.15) is 12.5 Å². The van der Waals surface area contributed by atoms with Crippen molar-refractivity contribution in [1.82, 2.24) is 4.90 Å². The monoisotopic (exact) mass is 207 g/mol. The number of hydrogen-bond donors (Lipinski definition) is 1. The molecular formula is C12H17NO2. The predicted molar refractivity (Wildman–Crippen MR) is 58.4 cm³/mol. The summed E-state index contributed by atoms with van der Waals surface area (Å²) in [6, 6.07) is 9.53. The van der Waals surface area contributed by atoms with Crippen LogP contribution >= 0.6 is 0 Å². The molecule has 0 bridgehead atoms. The van der Waals surface area contributed by atoms with Crippen molar-refractivity contribution in [2.24, 2.45) is 0 Å². The first-order valence-corrected chi connectivity index (χ1v) is 5.26. The molecule has 3 heteroatoms. The summed E-state index contributed by atoms with van der Waals surface area (Å²) in [6.07, 6.45) is 0. The van der Waals surface area contributed by atoms with Crippen LogP contribution in [-0.4, -0.2) is 36.2 Å². The highest BCUT2D eigenvalue weighted by Crippen LogP contribution is 2.31. The normalized spacial score (nSPS) is 32.9. The van der Waals surface area contributed by atoms with Gasteiger partial charge in [0.15, 0.2) is 0 Å². The van der Waals surface area contributed by atoms with Gasteiger partial charge in [-0.2, -0.15) is 0 Å². The van der Waals surface area contributed by atoms with Crippen molar-refractivity contribution in [3.8, 4) is 0 Å². The van der Waals surface area contributed by atoms with Gasteiger partial charge in [-0.3, -0.25) is 4.90 Å². The van der Waals surface area contributed by atoms with Gasteiger partial charge in [0.05, 0.1) is 12.6 Å². The third kappa shape index (κ3) is 1.78. The van der Waals surface area contributed by atoms with Crippen molar-refractivity contribution in [2.75, 3.05) is 20.2 Å². The summed E-state index contributed by atoms with van der Waals surface area (Å²) in [6.45, 7) is 3.40. The summed E-state index contributed by atoms with van der Waals surface area (Å²) in [7, 11) is 2.00. The highest BCUT2D eigenvalue weighted by atomic mass is 16.6. The van der Waals surface area contributed by atoms with Crippen LogP contribution in [0.15, 0.2) is 30.3 Å². The Kier molecular flexibility index (Phi) is 2.78. The maximum atomic E-state index is 10.5. The van der Waals surface area contributed by atoms with Gasteiger partial charge in [-0.1, -0.05) is 30.3 Å². The van der Waals surface area contributed by atoms with Gasteiger partial charge in [-0.15, -0.1) is 0 Å². The second-order valence-corrected chi connectivity index (χ2v) is 4.07. The maximum Gasteiger partial charge on any atom is 0.208 e. The molecule has 1 heterocycles. The van der Waals surface area contributed by atoms with Crippen LogP contribution in [0, 0.1) is 0 Å². The number of hydrogen-bond acceptors (Lipinski definition) is 3. The number of rotatable bonds is 1. The fraction of sp³-hybridized carbons (Fsp3) is 0.500. The van der Waals surface area contributed by atoms with E-state index in [0.29, 0.717) is 6.61 Å². The predicted octanol–water partition coefficient (Wildman–Crippen LogP) is 1.18. The van der Waals surface area contributed by atoms with E-state index in [9.17, 15) is 5.11 Å². The number of morpholine rings is 1. The largest absolute Gasteiger partial charge is 0.361 e. The summed E-state index contributed by atoms with van der Waals surface area (Å²) < 4.78 is 5.55. The Bertz CT molecular complexity index is 328. The zero-order valence-electron chi connectivity index (χ0n) is 9.18. The Labute approximate surface area is 90.3 Å². The number of likely N-dealkylation sites (N-methyl/N-ethyl adjacent to an activating group) is 1. The van der Waals surface area contributed by atoms with Crippen molar-refractivity contribution >= 4 is 0 Å². The zero-order chi connectivity index (χ0) is 10.9. The molecule has 0 unspecified atom stereocenters. The standard InChI is InChI=1S/C12H17NO2/c1-10-12(14,15-9-8-13(10)2)11-6-4-3-5-7-11/h3-7,10,14H,8-9H2,1-2H3/t10-,12+/m0/s1. The van der Waals surface area contributed by atoms with Crippen LogP contribution in [0.5, 0.6) is 0 Å². The first-order chi connectivity index (χ1) is 7.14. The minimum Gasteiger partial charge on any atom is -0.361 e. The number of nitrogens with zero attached hydrogens (tertiary/aromatic N) is 1. The van der Waals surface area contributed by atoms with Crippen LogP contribution in [-0.2, 0) is 10.5 Å². The molecule has 0 amide bonds. The van der Waals surface area contributed by atoms with Crippen LogP contribution in [0.2, 0.25) is 0 Å². The van der Waals surface area contributed by atoms with E-state index < -0.39 is 5.79 Å². The molecule has 2 rings (SSSR count). The average Bonchev–Trinajstić information content (AvgIpc) is 2.27. The van der Waals surface area contributed by atoms with E-state index in [1.165, 1.54) is 0 Å². The van der Waals surface area contributed by atoms with Gasteiger partial charge in [-0.25, -0.2) is 0 Å². The fourth-order valence-electron chi connectivity index (χ4n) is 1.96. The molecule has 1 aliphatic rings. The summed E-state index contributed by atoms with van der Waals surface area (Å²) in [5, 5.41) is 10.5. The van der Waals surface area contributed by atoms with Crippen molar-refractivity contribution in [1.29, 1.82) is 0 Å². The van der Waals surface area contributed by atoms with Gasteiger partial charge in [0.1, 0.15) is 0 Å². The maximum absolute atomic E-state index is 10.5. The molecule has 82 valence electrons. The van der Waals surface area contributed by atoms with Crippen molar-refractivity contribution in [2.45, 2.75) is 18.8 Å². The van der Waals surface area contributed by atoms with E-state index in [0.717, 1.165) is 12.1 Å². The molecule has 0 radical (unpaired) electrons. The molecule has 2 atom stereocenters. The van der Waals surface area contributed by atoms with E-state index in [1.54, 1.807) is 0 Å². The summed E-state index contributed by atoms with van der Waals surface area (Å²) >= 11 is 0. The average molecular weight is 207 g/mol. The van der Waals surface area contributed by atoms with E-state index in [2.05, 4.69) is 4.90 Å². The molecule has 1 aromatic carbocycles. The van der Waals surface area contributed by atoms with Gasteiger partial charge in [-0.05, 0) is 14.0 Å². The number of aliphatic hydroxyl groups is 1. The second kappa shape index (κ2) is 3.93. The SMILES string of the molecule is C[C@@H]1N(C)CCO[C@@]1(O)c1ccccc1. The third-order valence-electron chi connectivity index (χ3n) is 3.18. The molecule has 1 saturated heterocycles. The van der Waals surface area contributed by atoms with Crippen molar-refractivity contribution in [3.63, 3.8) is 0 Å². The van der Waals surface area contributed by atoms with Crippen LogP contribution in [0.25, 0.3) is 0 Å².